The van der Waals surface area contributed by atoms with Crippen LogP contribution >= 0.6 is 0 Å². The lowest BCUT2D eigenvalue weighted by Crippen LogP contribution is -2.52. The van der Waals surface area contributed by atoms with E-state index < -0.39 is 0 Å². The Morgan fingerprint density at radius 2 is 1.94 bits per heavy atom. The second-order valence-corrected chi connectivity index (χ2v) is 5.01. The van der Waals surface area contributed by atoms with Crippen LogP contribution in [0.4, 0.5) is 0 Å². The largest absolute Gasteiger partial charge is 0.396 e. The number of rotatable bonds is 7. The molecule has 0 bridgehead atoms. The normalized spacial score (nSPS) is 19.2. The summed E-state index contributed by atoms with van der Waals surface area (Å²) < 4.78 is 5.18. The number of hydrogen-bond donors (Lipinski definition) is 3. The predicted octanol–water partition coefficient (Wildman–Crippen LogP) is 0.709. The maximum atomic E-state index is 9.38. The standard InChI is InChI=1S/C14H21NO3/c16-7-6-13(12-4-2-1-3-5-12)15-8-14(9-17)10-18-11-14/h1-5,13,15-17H,6-11H2. The van der Waals surface area contributed by atoms with Crippen LogP contribution in [0.3, 0.4) is 0 Å². The molecule has 1 aliphatic heterocycles. The Balaban J connectivity index is 1.94. The summed E-state index contributed by atoms with van der Waals surface area (Å²) in [4.78, 5) is 0. The zero-order valence-electron chi connectivity index (χ0n) is 10.5. The van der Waals surface area contributed by atoms with E-state index in [1.165, 1.54) is 5.56 Å². The second kappa shape index (κ2) is 6.29. The molecule has 3 N–H and O–H groups in total. The summed E-state index contributed by atoms with van der Waals surface area (Å²) in [6, 6.07) is 10.2. The molecule has 0 saturated carbocycles. The van der Waals surface area contributed by atoms with Crippen LogP contribution in [-0.4, -0.2) is 43.2 Å². The van der Waals surface area contributed by atoms with Crippen LogP contribution in [-0.2, 0) is 4.74 Å². The number of hydrogen-bond acceptors (Lipinski definition) is 4. The highest BCUT2D eigenvalue weighted by atomic mass is 16.5. The van der Waals surface area contributed by atoms with Crippen LogP contribution in [0.5, 0.6) is 0 Å². The highest BCUT2D eigenvalue weighted by molar-refractivity contribution is 5.19. The van der Waals surface area contributed by atoms with Gasteiger partial charge in [-0.3, -0.25) is 0 Å². The Morgan fingerprint density at radius 1 is 1.22 bits per heavy atom. The molecule has 0 aromatic heterocycles. The van der Waals surface area contributed by atoms with E-state index in [9.17, 15) is 5.11 Å². The molecule has 1 fully saturated rings. The maximum absolute atomic E-state index is 9.38. The maximum Gasteiger partial charge on any atom is 0.0579 e. The monoisotopic (exact) mass is 251 g/mol. The van der Waals surface area contributed by atoms with E-state index in [4.69, 9.17) is 9.84 Å². The minimum Gasteiger partial charge on any atom is -0.396 e. The Kier molecular flexibility index (Phi) is 4.72. The second-order valence-electron chi connectivity index (χ2n) is 5.01. The number of nitrogens with one attached hydrogen (secondary N) is 1. The van der Waals surface area contributed by atoms with Crippen molar-refractivity contribution >= 4 is 0 Å². The molecule has 1 aromatic carbocycles. The van der Waals surface area contributed by atoms with Crippen molar-refractivity contribution in [3.05, 3.63) is 35.9 Å². The van der Waals surface area contributed by atoms with Crippen molar-refractivity contribution in [1.82, 2.24) is 5.32 Å². The number of aliphatic hydroxyl groups is 2. The van der Waals surface area contributed by atoms with Crippen molar-refractivity contribution in [2.24, 2.45) is 5.41 Å². The minimum absolute atomic E-state index is 0.125. The van der Waals surface area contributed by atoms with E-state index in [2.05, 4.69) is 17.4 Å². The third-order valence-electron chi connectivity index (χ3n) is 3.50. The fraction of sp³-hybridized carbons (Fsp3) is 0.571. The van der Waals surface area contributed by atoms with E-state index in [1.807, 2.05) is 18.2 Å². The van der Waals surface area contributed by atoms with Gasteiger partial charge >= 0.3 is 0 Å². The summed E-state index contributed by atoms with van der Waals surface area (Å²) in [6.07, 6.45) is 0.673. The molecule has 1 heterocycles. The van der Waals surface area contributed by atoms with E-state index in [0.29, 0.717) is 26.2 Å². The highest BCUT2D eigenvalue weighted by Crippen LogP contribution is 2.27. The zero-order valence-corrected chi connectivity index (χ0v) is 10.5. The first kappa shape index (κ1) is 13.5. The van der Waals surface area contributed by atoms with Crippen molar-refractivity contribution in [1.29, 1.82) is 0 Å². The van der Waals surface area contributed by atoms with Crippen LogP contribution in [0.15, 0.2) is 30.3 Å². The van der Waals surface area contributed by atoms with E-state index >= 15 is 0 Å². The van der Waals surface area contributed by atoms with E-state index in [0.717, 1.165) is 0 Å². The van der Waals surface area contributed by atoms with Gasteiger partial charge in [0.2, 0.25) is 0 Å². The summed E-state index contributed by atoms with van der Waals surface area (Å²) >= 11 is 0. The van der Waals surface area contributed by atoms with Crippen molar-refractivity contribution in [3.63, 3.8) is 0 Å². The molecule has 4 nitrogen and oxygen atoms in total. The fourth-order valence-electron chi connectivity index (χ4n) is 2.18. The first-order chi connectivity index (χ1) is 8.79. The van der Waals surface area contributed by atoms with Crippen LogP contribution in [0.2, 0.25) is 0 Å². The molecular weight excluding hydrogens is 230 g/mol. The molecule has 0 aliphatic carbocycles. The van der Waals surface area contributed by atoms with Crippen molar-refractivity contribution < 1.29 is 14.9 Å². The van der Waals surface area contributed by atoms with Gasteiger partial charge in [-0.2, -0.15) is 0 Å². The topological polar surface area (TPSA) is 61.7 Å². The molecule has 18 heavy (non-hydrogen) atoms. The Morgan fingerprint density at radius 3 is 2.44 bits per heavy atom. The molecule has 1 aliphatic rings. The van der Waals surface area contributed by atoms with Gasteiger partial charge in [0.15, 0.2) is 0 Å². The van der Waals surface area contributed by atoms with Gasteiger partial charge in [0.1, 0.15) is 0 Å². The fourth-order valence-corrected chi connectivity index (χ4v) is 2.18. The highest BCUT2D eigenvalue weighted by Gasteiger charge is 2.38. The number of aliphatic hydroxyl groups excluding tert-OH is 2. The lowest BCUT2D eigenvalue weighted by atomic mass is 9.86. The lowest BCUT2D eigenvalue weighted by Gasteiger charge is -2.41. The lowest BCUT2D eigenvalue weighted by molar-refractivity contribution is -0.135. The van der Waals surface area contributed by atoms with Gasteiger partial charge in [-0.1, -0.05) is 30.3 Å². The van der Waals surface area contributed by atoms with Gasteiger partial charge in [-0.25, -0.2) is 0 Å². The molecular formula is C14H21NO3. The average Bonchev–Trinajstić information content (AvgIpc) is 2.38. The molecule has 1 atom stereocenters. The van der Waals surface area contributed by atoms with Crippen LogP contribution in [0.25, 0.3) is 0 Å². The van der Waals surface area contributed by atoms with Crippen molar-refractivity contribution in [3.8, 4) is 0 Å². The average molecular weight is 251 g/mol. The molecule has 100 valence electrons. The van der Waals surface area contributed by atoms with E-state index in [1.54, 1.807) is 0 Å². The molecule has 1 saturated heterocycles. The summed E-state index contributed by atoms with van der Waals surface area (Å²) in [7, 11) is 0. The molecule has 1 aromatic rings. The Labute approximate surface area is 108 Å². The van der Waals surface area contributed by atoms with Gasteiger partial charge in [0.05, 0.1) is 25.2 Å². The van der Waals surface area contributed by atoms with Crippen molar-refractivity contribution in [2.45, 2.75) is 12.5 Å². The first-order valence-corrected chi connectivity index (χ1v) is 6.37. The third-order valence-corrected chi connectivity index (χ3v) is 3.50. The van der Waals surface area contributed by atoms with Gasteiger partial charge < -0.3 is 20.3 Å². The SMILES string of the molecule is OCCC(NCC1(CO)COC1)c1ccccc1. The molecule has 0 amide bonds. The van der Waals surface area contributed by atoms with Crippen LogP contribution in [0.1, 0.15) is 18.0 Å². The summed E-state index contributed by atoms with van der Waals surface area (Å²) in [5.41, 5.74) is 1.03. The third kappa shape index (κ3) is 3.09. The minimum atomic E-state index is -0.136. The number of benzene rings is 1. The van der Waals surface area contributed by atoms with Gasteiger partial charge in [-0.05, 0) is 12.0 Å². The Hall–Kier alpha value is -0.940. The van der Waals surface area contributed by atoms with Gasteiger partial charge in [0.25, 0.3) is 0 Å². The quantitative estimate of drug-likeness (QED) is 0.668. The first-order valence-electron chi connectivity index (χ1n) is 6.37. The van der Waals surface area contributed by atoms with E-state index in [-0.39, 0.29) is 24.7 Å². The van der Waals surface area contributed by atoms with Crippen molar-refractivity contribution in [2.75, 3.05) is 33.0 Å². The zero-order chi connectivity index (χ0) is 12.8. The molecule has 1 unspecified atom stereocenters. The molecule has 4 heteroatoms. The predicted molar refractivity (Wildman–Crippen MR) is 69.2 cm³/mol. The number of ether oxygens (including phenoxy) is 1. The van der Waals surface area contributed by atoms with Gasteiger partial charge in [-0.15, -0.1) is 0 Å². The molecule has 2 rings (SSSR count). The summed E-state index contributed by atoms with van der Waals surface area (Å²) in [5, 5.41) is 22.0. The summed E-state index contributed by atoms with van der Waals surface area (Å²) in [5.74, 6) is 0. The smallest absolute Gasteiger partial charge is 0.0579 e. The van der Waals surface area contributed by atoms with Crippen LogP contribution < -0.4 is 5.32 Å². The molecule has 0 radical (unpaired) electrons. The Bertz CT molecular complexity index is 346. The molecule has 0 spiro atoms. The van der Waals surface area contributed by atoms with Crippen LogP contribution in [0, 0.1) is 5.41 Å². The van der Waals surface area contributed by atoms with Gasteiger partial charge in [0, 0.05) is 19.2 Å². The summed E-state index contributed by atoms with van der Waals surface area (Å²) in [6.45, 7) is 2.22.